The van der Waals surface area contributed by atoms with E-state index in [9.17, 15) is 14.7 Å². The molecule has 0 amide bonds. The number of hydrogen-bond acceptors (Lipinski definition) is 5. The van der Waals surface area contributed by atoms with Gasteiger partial charge in [-0.3, -0.25) is 9.59 Å². The average molecular weight is 485 g/mol. The van der Waals surface area contributed by atoms with Crippen molar-refractivity contribution in [1.82, 2.24) is 0 Å². The van der Waals surface area contributed by atoms with Gasteiger partial charge in [-0.05, 0) is 18.8 Å². The van der Waals surface area contributed by atoms with Crippen molar-refractivity contribution in [3.63, 3.8) is 0 Å². The van der Waals surface area contributed by atoms with E-state index in [1.54, 1.807) is 0 Å². The van der Waals surface area contributed by atoms with E-state index < -0.39 is 6.10 Å². The average Bonchev–Trinajstić information content (AvgIpc) is 2.84. The monoisotopic (exact) mass is 484 g/mol. The largest absolute Gasteiger partial charge is 0.462 e. The number of hydrogen-bond donors (Lipinski definition) is 1. The Morgan fingerprint density at radius 1 is 0.676 bits per heavy atom. The van der Waals surface area contributed by atoms with Crippen LogP contribution in [-0.2, 0) is 19.1 Å². The summed E-state index contributed by atoms with van der Waals surface area (Å²) in [7, 11) is 0. The molecule has 0 spiro atoms. The summed E-state index contributed by atoms with van der Waals surface area (Å²) >= 11 is 0. The second-order valence-electron chi connectivity index (χ2n) is 10.1. The van der Waals surface area contributed by atoms with E-state index in [4.69, 9.17) is 9.47 Å². The normalized spacial score (nSPS) is 12.9. The SMILES string of the molecule is CCCCCCCCCCCCC(=O)OC[C@H](CO)OC(=O)CCCCCCCCC(C)CC. The Kier molecular flexibility index (Phi) is 24.2. The van der Waals surface area contributed by atoms with E-state index in [-0.39, 0.29) is 25.2 Å². The van der Waals surface area contributed by atoms with Gasteiger partial charge in [-0.1, -0.05) is 124 Å². The first-order valence-corrected chi connectivity index (χ1v) is 14.5. The zero-order valence-electron chi connectivity index (χ0n) is 22.8. The Bertz CT molecular complexity index is 465. The van der Waals surface area contributed by atoms with Crippen molar-refractivity contribution in [2.45, 2.75) is 155 Å². The minimum Gasteiger partial charge on any atom is -0.462 e. The maximum atomic E-state index is 12.0. The first kappa shape index (κ1) is 32.9. The summed E-state index contributed by atoms with van der Waals surface area (Å²) in [6.45, 7) is 6.41. The van der Waals surface area contributed by atoms with Gasteiger partial charge in [-0.15, -0.1) is 0 Å². The number of aliphatic hydroxyl groups excluding tert-OH is 1. The highest BCUT2D eigenvalue weighted by atomic mass is 16.6. The van der Waals surface area contributed by atoms with Crippen molar-refractivity contribution >= 4 is 11.9 Å². The molecular formula is C29H56O5. The van der Waals surface area contributed by atoms with Gasteiger partial charge < -0.3 is 14.6 Å². The smallest absolute Gasteiger partial charge is 0.306 e. The molecule has 2 atom stereocenters. The number of carbonyl (C=O) groups excluding carboxylic acids is 2. The van der Waals surface area contributed by atoms with Gasteiger partial charge in [0.05, 0.1) is 6.61 Å². The van der Waals surface area contributed by atoms with Crippen molar-refractivity contribution < 1.29 is 24.2 Å². The number of aliphatic hydroxyl groups is 1. The van der Waals surface area contributed by atoms with Crippen LogP contribution in [0.1, 0.15) is 149 Å². The van der Waals surface area contributed by atoms with Crippen LogP contribution in [0.15, 0.2) is 0 Å². The third-order valence-corrected chi connectivity index (χ3v) is 6.69. The van der Waals surface area contributed by atoms with E-state index in [1.165, 1.54) is 77.0 Å². The van der Waals surface area contributed by atoms with Crippen LogP contribution in [0.25, 0.3) is 0 Å². The predicted molar refractivity (Wildman–Crippen MR) is 141 cm³/mol. The Hall–Kier alpha value is -1.10. The van der Waals surface area contributed by atoms with E-state index >= 15 is 0 Å². The predicted octanol–water partition coefficient (Wildman–Crippen LogP) is 7.91. The van der Waals surface area contributed by atoms with Crippen LogP contribution in [0.5, 0.6) is 0 Å². The first-order chi connectivity index (χ1) is 16.5. The summed E-state index contributed by atoms with van der Waals surface area (Å²) < 4.78 is 10.5. The summed E-state index contributed by atoms with van der Waals surface area (Å²) in [5.41, 5.74) is 0. The third-order valence-electron chi connectivity index (χ3n) is 6.69. The maximum absolute atomic E-state index is 12.0. The second-order valence-corrected chi connectivity index (χ2v) is 10.1. The molecule has 0 aromatic carbocycles. The fourth-order valence-electron chi connectivity index (χ4n) is 4.06. The minimum absolute atomic E-state index is 0.0605. The lowest BCUT2D eigenvalue weighted by Crippen LogP contribution is -2.28. The molecule has 0 bridgehead atoms. The molecular weight excluding hydrogens is 428 g/mol. The molecule has 5 nitrogen and oxygen atoms in total. The van der Waals surface area contributed by atoms with Gasteiger partial charge >= 0.3 is 11.9 Å². The first-order valence-electron chi connectivity index (χ1n) is 14.5. The molecule has 5 heteroatoms. The summed E-state index contributed by atoms with van der Waals surface area (Å²) in [5, 5.41) is 9.43. The van der Waals surface area contributed by atoms with Crippen LogP contribution >= 0.6 is 0 Å². The molecule has 0 rings (SSSR count). The summed E-state index contributed by atoms with van der Waals surface area (Å²) in [6.07, 6.45) is 21.5. The zero-order chi connectivity index (χ0) is 25.3. The van der Waals surface area contributed by atoms with E-state index in [0.29, 0.717) is 12.8 Å². The molecule has 1 unspecified atom stereocenters. The Balaban J connectivity index is 3.62. The van der Waals surface area contributed by atoms with Crippen LogP contribution in [0, 0.1) is 5.92 Å². The van der Waals surface area contributed by atoms with Crippen molar-refractivity contribution in [2.24, 2.45) is 5.92 Å². The van der Waals surface area contributed by atoms with Crippen LogP contribution in [-0.4, -0.2) is 36.4 Å². The molecule has 0 radical (unpaired) electrons. The molecule has 202 valence electrons. The van der Waals surface area contributed by atoms with Crippen LogP contribution < -0.4 is 0 Å². The maximum Gasteiger partial charge on any atom is 0.306 e. The van der Waals surface area contributed by atoms with Crippen molar-refractivity contribution in [1.29, 1.82) is 0 Å². The lowest BCUT2D eigenvalue weighted by atomic mass is 10.00. The third kappa shape index (κ3) is 22.7. The lowest BCUT2D eigenvalue weighted by Gasteiger charge is -2.15. The molecule has 0 saturated heterocycles. The molecule has 0 aromatic heterocycles. The van der Waals surface area contributed by atoms with Crippen molar-refractivity contribution in [2.75, 3.05) is 13.2 Å². The Labute approximate surface area is 210 Å². The Morgan fingerprint density at radius 2 is 1.15 bits per heavy atom. The summed E-state index contributed by atoms with van der Waals surface area (Å²) in [6, 6.07) is 0. The number of ether oxygens (including phenoxy) is 2. The highest BCUT2D eigenvalue weighted by Crippen LogP contribution is 2.15. The van der Waals surface area contributed by atoms with Gasteiger partial charge in [0.25, 0.3) is 0 Å². The van der Waals surface area contributed by atoms with Gasteiger partial charge in [0, 0.05) is 12.8 Å². The van der Waals surface area contributed by atoms with Crippen LogP contribution in [0.4, 0.5) is 0 Å². The number of rotatable bonds is 25. The molecule has 0 saturated carbocycles. The van der Waals surface area contributed by atoms with Gasteiger partial charge in [-0.2, -0.15) is 0 Å². The van der Waals surface area contributed by atoms with Crippen molar-refractivity contribution in [3.8, 4) is 0 Å². The van der Waals surface area contributed by atoms with Gasteiger partial charge in [0.1, 0.15) is 6.61 Å². The van der Waals surface area contributed by atoms with Crippen LogP contribution in [0.3, 0.4) is 0 Å². The fourth-order valence-corrected chi connectivity index (χ4v) is 4.06. The topological polar surface area (TPSA) is 72.8 Å². The zero-order valence-corrected chi connectivity index (χ0v) is 22.8. The lowest BCUT2D eigenvalue weighted by molar-refractivity contribution is -0.161. The molecule has 0 heterocycles. The highest BCUT2D eigenvalue weighted by molar-refractivity contribution is 5.70. The van der Waals surface area contributed by atoms with E-state index in [2.05, 4.69) is 20.8 Å². The fraction of sp³-hybridized carbons (Fsp3) is 0.931. The number of carbonyl (C=O) groups is 2. The summed E-state index contributed by atoms with van der Waals surface area (Å²) in [5.74, 6) is 0.234. The molecule has 0 fully saturated rings. The molecule has 0 aliphatic carbocycles. The van der Waals surface area contributed by atoms with E-state index in [0.717, 1.165) is 44.4 Å². The van der Waals surface area contributed by atoms with E-state index in [1.807, 2.05) is 0 Å². The number of esters is 2. The second kappa shape index (κ2) is 25.0. The van der Waals surface area contributed by atoms with Crippen molar-refractivity contribution in [3.05, 3.63) is 0 Å². The minimum atomic E-state index is -0.760. The molecule has 34 heavy (non-hydrogen) atoms. The molecule has 0 aromatic rings. The van der Waals surface area contributed by atoms with Gasteiger partial charge in [0.15, 0.2) is 6.10 Å². The van der Waals surface area contributed by atoms with Gasteiger partial charge in [0.2, 0.25) is 0 Å². The van der Waals surface area contributed by atoms with Crippen LogP contribution in [0.2, 0.25) is 0 Å². The standard InChI is InChI=1S/C29H56O5/c1-4-6-7-8-9-10-11-12-16-19-22-28(31)33-25-27(24-30)34-29(32)23-20-17-14-13-15-18-21-26(3)5-2/h26-27,30H,4-25H2,1-3H3/t26?,27-/m0/s1. The Morgan fingerprint density at radius 3 is 1.65 bits per heavy atom. The summed E-state index contributed by atoms with van der Waals surface area (Å²) in [4.78, 5) is 23.9. The highest BCUT2D eigenvalue weighted by Gasteiger charge is 2.16. The van der Waals surface area contributed by atoms with Gasteiger partial charge in [-0.25, -0.2) is 0 Å². The molecule has 1 N–H and O–H groups in total. The molecule has 0 aliphatic heterocycles. The quantitative estimate of drug-likeness (QED) is 0.105. The molecule has 0 aliphatic rings. The number of unbranched alkanes of at least 4 members (excludes halogenated alkanes) is 14.